The van der Waals surface area contributed by atoms with Crippen molar-refractivity contribution in [2.75, 3.05) is 17.3 Å². The molecule has 1 aromatic carbocycles. The van der Waals surface area contributed by atoms with Gasteiger partial charge in [-0.25, -0.2) is 4.98 Å². The fourth-order valence-corrected chi connectivity index (χ4v) is 4.86. The van der Waals surface area contributed by atoms with Crippen molar-refractivity contribution in [3.05, 3.63) is 96.7 Å². The predicted octanol–water partition coefficient (Wildman–Crippen LogP) is 5.44. The van der Waals surface area contributed by atoms with E-state index in [0.29, 0.717) is 16.5 Å². The summed E-state index contributed by atoms with van der Waals surface area (Å²) < 4.78 is 7.76. The van der Waals surface area contributed by atoms with E-state index in [1.165, 1.54) is 0 Å². The standard InChI is InChI=1S/C29H30N6O2S/c1-29(2,3)27(36)32-20-14-13-19(18-23(20)37-4)35-26(25(33-28(35)38)21-10-5-7-15-30-21)22-11-9-17-34(22)24-12-6-8-16-31-24/h5-18,25-26H,1-4H3,(H,32,36)(H,33,38)/t25-,26+/m1/s1. The summed E-state index contributed by atoms with van der Waals surface area (Å²) >= 11 is 5.89. The largest absolute Gasteiger partial charge is 0.494 e. The van der Waals surface area contributed by atoms with Gasteiger partial charge in [0.25, 0.3) is 0 Å². The highest BCUT2D eigenvalue weighted by atomic mass is 32.1. The van der Waals surface area contributed by atoms with Crippen LogP contribution < -0.4 is 20.3 Å². The van der Waals surface area contributed by atoms with E-state index in [0.717, 1.165) is 22.9 Å². The summed E-state index contributed by atoms with van der Waals surface area (Å²) in [7, 11) is 1.59. The number of thiocarbonyl (C=S) groups is 1. The number of rotatable bonds is 6. The number of ether oxygens (including phenoxy) is 1. The second-order valence-corrected chi connectivity index (χ2v) is 10.5. The van der Waals surface area contributed by atoms with Crippen LogP contribution in [0.3, 0.4) is 0 Å². The van der Waals surface area contributed by atoms with Gasteiger partial charge in [-0.3, -0.25) is 9.78 Å². The number of nitrogens with zero attached hydrogens (tertiary/aromatic N) is 4. The molecular weight excluding hydrogens is 496 g/mol. The number of benzene rings is 1. The van der Waals surface area contributed by atoms with Gasteiger partial charge in [-0.05, 0) is 60.7 Å². The Morgan fingerprint density at radius 1 is 1.03 bits per heavy atom. The Morgan fingerprint density at radius 3 is 2.45 bits per heavy atom. The Bertz CT molecular complexity index is 1450. The maximum atomic E-state index is 12.7. The van der Waals surface area contributed by atoms with E-state index in [1.807, 2.05) is 87.6 Å². The Hall–Kier alpha value is -4.24. The van der Waals surface area contributed by atoms with Crippen molar-refractivity contribution in [2.24, 2.45) is 5.41 Å². The molecule has 1 fully saturated rings. The summed E-state index contributed by atoms with van der Waals surface area (Å²) in [5, 5.41) is 7.03. The van der Waals surface area contributed by atoms with Crippen molar-refractivity contribution in [3.8, 4) is 11.6 Å². The summed E-state index contributed by atoms with van der Waals surface area (Å²) in [5.74, 6) is 1.26. The molecule has 194 valence electrons. The summed E-state index contributed by atoms with van der Waals surface area (Å²) in [6.07, 6.45) is 5.56. The van der Waals surface area contributed by atoms with Crippen molar-refractivity contribution in [3.63, 3.8) is 0 Å². The summed E-state index contributed by atoms with van der Waals surface area (Å²) in [5.41, 5.74) is 2.75. The molecular formula is C29H30N6O2S. The van der Waals surface area contributed by atoms with E-state index in [9.17, 15) is 4.79 Å². The molecule has 2 N–H and O–H groups in total. The highest BCUT2D eigenvalue weighted by Crippen LogP contribution is 2.43. The van der Waals surface area contributed by atoms with Crippen LogP contribution in [0.15, 0.2) is 85.3 Å². The molecule has 8 nitrogen and oxygen atoms in total. The second-order valence-electron chi connectivity index (χ2n) is 10.1. The Kier molecular flexibility index (Phi) is 6.86. The molecule has 0 radical (unpaired) electrons. The minimum Gasteiger partial charge on any atom is -0.494 e. The summed E-state index contributed by atoms with van der Waals surface area (Å²) in [6, 6.07) is 21.0. The van der Waals surface area contributed by atoms with E-state index in [4.69, 9.17) is 17.0 Å². The fourth-order valence-electron chi connectivity index (χ4n) is 4.52. The lowest BCUT2D eigenvalue weighted by Crippen LogP contribution is -2.30. The first-order valence-electron chi connectivity index (χ1n) is 12.4. The van der Waals surface area contributed by atoms with E-state index in [2.05, 4.69) is 36.1 Å². The Labute approximate surface area is 227 Å². The molecule has 1 aliphatic heterocycles. The van der Waals surface area contributed by atoms with E-state index in [1.54, 1.807) is 19.5 Å². The van der Waals surface area contributed by atoms with Crippen molar-refractivity contribution < 1.29 is 9.53 Å². The molecule has 38 heavy (non-hydrogen) atoms. The van der Waals surface area contributed by atoms with Crippen LogP contribution in [-0.2, 0) is 4.79 Å². The zero-order valence-electron chi connectivity index (χ0n) is 21.8. The second kappa shape index (κ2) is 10.3. The third-order valence-corrected chi connectivity index (χ3v) is 6.78. The van der Waals surface area contributed by atoms with Gasteiger partial charge < -0.3 is 24.8 Å². The first-order chi connectivity index (χ1) is 18.3. The van der Waals surface area contributed by atoms with Gasteiger partial charge in [0.2, 0.25) is 5.91 Å². The van der Waals surface area contributed by atoms with Crippen molar-refractivity contribution in [1.82, 2.24) is 19.9 Å². The molecule has 2 atom stereocenters. The number of hydrogen-bond donors (Lipinski definition) is 2. The van der Waals surface area contributed by atoms with Crippen molar-refractivity contribution >= 4 is 34.6 Å². The van der Waals surface area contributed by atoms with Gasteiger partial charge in [-0.2, -0.15) is 0 Å². The molecule has 4 heterocycles. The molecule has 4 aromatic rings. The van der Waals surface area contributed by atoms with Crippen LogP contribution in [0, 0.1) is 5.41 Å². The zero-order valence-corrected chi connectivity index (χ0v) is 22.6. The molecule has 0 spiro atoms. The molecule has 3 aromatic heterocycles. The van der Waals surface area contributed by atoms with Crippen molar-refractivity contribution in [2.45, 2.75) is 32.9 Å². The van der Waals surface area contributed by atoms with Gasteiger partial charge >= 0.3 is 0 Å². The summed E-state index contributed by atoms with van der Waals surface area (Å²) in [6.45, 7) is 5.61. The lowest BCUT2D eigenvalue weighted by molar-refractivity contribution is -0.123. The molecule has 0 bridgehead atoms. The van der Waals surface area contributed by atoms with Crippen LogP contribution in [0.5, 0.6) is 5.75 Å². The van der Waals surface area contributed by atoms with Gasteiger partial charge in [0.05, 0.1) is 24.5 Å². The number of aromatic nitrogens is 3. The van der Waals surface area contributed by atoms with Crippen molar-refractivity contribution in [1.29, 1.82) is 0 Å². The third-order valence-electron chi connectivity index (χ3n) is 6.47. The Morgan fingerprint density at radius 2 is 1.79 bits per heavy atom. The molecule has 1 aliphatic rings. The number of amides is 1. The molecule has 0 aliphatic carbocycles. The van der Waals surface area contributed by atoms with Crippen LogP contribution in [0.1, 0.15) is 44.2 Å². The number of carbonyl (C=O) groups is 1. The first kappa shape index (κ1) is 25.4. The maximum Gasteiger partial charge on any atom is 0.229 e. The minimum absolute atomic E-state index is 0.0943. The predicted molar refractivity (Wildman–Crippen MR) is 153 cm³/mol. The number of nitrogens with one attached hydrogen (secondary N) is 2. The number of methoxy groups -OCH3 is 1. The maximum absolute atomic E-state index is 12.7. The monoisotopic (exact) mass is 526 g/mol. The minimum atomic E-state index is -0.540. The Balaban J connectivity index is 1.60. The molecule has 5 rings (SSSR count). The van der Waals surface area contributed by atoms with Gasteiger partial charge in [0.15, 0.2) is 5.11 Å². The normalized spacial score (nSPS) is 17.3. The molecule has 9 heteroatoms. The topological polar surface area (TPSA) is 84.3 Å². The highest BCUT2D eigenvalue weighted by molar-refractivity contribution is 7.80. The van der Waals surface area contributed by atoms with Crippen LogP contribution in [-0.4, -0.2) is 32.7 Å². The molecule has 0 saturated carbocycles. The first-order valence-corrected chi connectivity index (χ1v) is 12.8. The summed E-state index contributed by atoms with van der Waals surface area (Å²) in [4.78, 5) is 23.9. The third kappa shape index (κ3) is 4.84. The highest BCUT2D eigenvalue weighted by Gasteiger charge is 2.42. The van der Waals surface area contributed by atoms with Gasteiger partial charge in [0.1, 0.15) is 17.6 Å². The smallest absolute Gasteiger partial charge is 0.229 e. The van der Waals surface area contributed by atoms with Gasteiger partial charge in [0, 0.05) is 41.5 Å². The lowest BCUT2D eigenvalue weighted by Gasteiger charge is -2.29. The SMILES string of the molecule is COc1cc(N2C(=S)N[C@H](c3ccccn3)[C@@H]2c2cccn2-c2ccccn2)ccc1NC(=O)C(C)(C)C. The van der Waals surface area contributed by atoms with E-state index < -0.39 is 5.41 Å². The van der Waals surface area contributed by atoms with E-state index >= 15 is 0 Å². The fraction of sp³-hybridized carbons (Fsp3) is 0.241. The van der Waals surface area contributed by atoms with Gasteiger partial charge in [-0.1, -0.05) is 32.9 Å². The van der Waals surface area contributed by atoms with E-state index in [-0.39, 0.29) is 18.0 Å². The quantitative estimate of drug-likeness (QED) is 0.324. The molecule has 1 saturated heterocycles. The van der Waals surface area contributed by atoms with Crippen LogP contribution in [0.2, 0.25) is 0 Å². The molecule has 1 amide bonds. The lowest BCUT2D eigenvalue weighted by atomic mass is 9.95. The number of hydrogen-bond acceptors (Lipinski definition) is 5. The number of carbonyl (C=O) groups excluding carboxylic acids is 1. The average Bonchev–Trinajstić information content (AvgIpc) is 3.53. The average molecular weight is 527 g/mol. The van der Waals surface area contributed by atoms with Crippen LogP contribution >= 0.6 is 12.2 Å². The number of pyridine rings is 2. The van der Waals surface area contributed by atoms with Crippen LogP contribution in [0.4, 0.5) is 11.4 Å². The number of anilines is 2. The molecule has 0 unspecified atom stereocenters. The van der Waals surface area contributed by atoms with Gasteiger partial charge in [-0.15, -0.1) is 0 Å². The zero-order chi connectivity index (χ0) is 26.9. The van der Waals surface area contributed by atoms with Crippen LogP contribution in [0.25, 0.3) is 5.82 Å².